The van der Waals surface area contributed by atoms with Crippen LogP contribution in [-0.2, 0) is 16.0 Å². The van der Waals surface area contributed by atoms with Crippen molar-refractivity contribution < 1.29 is 19.0 Å². The number of halogens is 2. The van der Waals surface area contributed by atoms with Crippen molar-refractivity contribution in [3.8, 4) is 0 Å². The number of fused-ring (bicyclic) bond motifs is 1. The fourth-order valence-electron chi connectivity index (χ4n) is 5.66. The third-order valence-corrected chi connectivity index (χ3v) is 8.04. The zero-order valence-corrected chi connectivity index (χ0v) is 25.8. The molecule has 0 aliphatic carbocycles. The monoisotopic (exact) mass is 606 g/mol. The molecular weight excluding hydrogens is 567 g/mol. The maximum absolute atomic E-state index is 12.9. The van der Waals surface area contributed by atoms with E-state index in [0.717, 1.165) is 64.6 Å². The van der Waals surface area contributed by atoms with Crippen LogP contribution in [0, 0.1) is 0 Å². The van der Waals surface area contributed by atoms with Crippen LogP contribution in [0.4, 0.5) is 10.1 Å². The Bertz CT molecular complexity index is 1470. The summed E-state index contributed by atoms with van der Waals surface area (Å²) >= 11 is 6.11. The Morgan fingerprint density at radius 2 is 1.95 bits per heavy atom. The zero-order chi connectivity index (χ0) is 30.8. The summed E-state index contributed by atoms with van der Waals surface area (Å²) in [6.45, 7) is 6.67. The number of unbranched alkanes of at least 4 members (excludes halogenated alkanes) is 1. The molecule has 2 aromatic carbocycles. The van der Waals surface area contributed by atoms with E-state index < -0.39 is 5.97 Å². The summed E-state index contributed by atoms with van der Waals surface area (Å²) in [5, 5.41) is 9.81. The molecule has 2 unspecified atom stereocenters. The van der Waals surface area contributed by atoms with Crippen molar-refractivity contribution in [2.75, 3.05) is 31.6 Å². The Labute approximate surface area is 258 Å². The van der Waals surface area contributed by atoms with Crippen LogP contribution in [0.5, 0.6) is 0 Å². The number of anilines is 1. The number of nitrogens with zero attached hydrogens (tertiary/aromatic N) is 4. The molecule has 0 saturated carbocycles. The van der Waals surface area contributed by atoms with Crippen LogP contribution in [0.15, 0.2) is 73.1 Å². The van der Waals surface area contributed by atoms with Gasteiger partial charge in [-0.1, -0.05) is 42.8 Å². The smallest absolute Gasteiger partial charge is 0.303 e. The standard InChI is InChI=1S/C34H40ClFN4O3/c1-4-9-24(10-8-19-36)33-30(11-6-7-12-32(41)42)37-31-22-25(13-18-29(31)38-33)34(43-3)40-21-20-39(23-27(40)5-2)28-16-14-26(35)15-17-28/h4,8-10,13-19,22,27,34H,5-7,11-12,20-21,23H2,1-3H3,(H,41,42)/b9-4-,19-8+,24-10+. The number of carboxylic acids is 1. The number of aliphatic carboxylic acids is 1. The number of methoxy groups -OCH3 is 1. The lowest BCUT2D eigenvalue weighted by atomic mass is 10.0. The normalized spacial score (nSPS) is 17.4. The molecule has 2 atom stereocenters. The Kier molecular flexibility index (Phi) is 11.8. The van der Waals surface area contributed by atoms with Gasteiger partial charge in [0.05, 0.1) is 28.8 Å². The van der Waals surface area contributed by atoms with E-state index >= 15 is 0 Å². The second-order valence-corrected chi connectivity index (χ2v) is 11.1. The van der Waals surface area contributed by atoms with E-state index in [0.29, 0.717) is 31.3 Å². The maximum Gasteiger partial charge on any atom is 0.303 e. The highest BCUT2D eigenvalue weighted by molar-refractivity contribution is 6.30. The van der Waals surface area contributed by atoms with Gasteiger partial charge in [-0.15, -0.1) is 0 Å². The molecule has 1 aliphatic rings. The van der Waals surface area contributed by atoms with E-state index in [4.69, 9.17) is 31.4 Å². The van der Waals surface area contributed by atoms with Gasteiger partial charge in [0.1, 0.15) is 6.23 Å². The maximum atomic E-state index is 12.9. The van der Waals surface area contributed by atoms with Crippen molar-refractivity contribution in [2.45, 2.75) is 58.2 Å². The van der Waals surface area contributed by atoms with Gasteiger partial charge in [-0.25, -0.2) is 14.4 Å². The highest BCUT2D eigenvalue weighted by Gasteiger charge is 2.32. The molecule has 0 radical (unpaired) electrons. The first-order valence-corrected chi connectivity index (χ1v) is 15.2. The molecule has 1 fully saturated rings. The minimum atomic E-state index is -0.818. The first-order chi connectivity index (χ1) is 20.9. The second-order valence-electron chi connectivity index (χ2n) is 10.6. The van der Waals surface area contributed by atoms with E-state index in [9.17, 15) is 9.18 Å². The average Bonchev–Trinajstić information content (AvgIpc) is 3.01. The molecule has 1 N–H and O–H groups in total. The van der Waals surface area contributed by atoms with Crippen LogP contribution >= 0.6 is 11.6 Å². The number of piperazine rings is 1. The van der Waals surface area contributed by atoms with Gasteiger partial charge in [-0.3, -0.25) is 9.69 Å². The Hall–Kier alpha value is -3.59. The van der Waals surface area contributed by atoms with Crippen LogP contribution in [0.25, 0.3) is 16.6 Å². The molecule has 1 aliphatic heterocycles. The number of ether oxygens (including phenoxy) is 1. The quantitative estimate of drug-likeness (QED) is 0.157. The van der Waals surface area contributed by atoms with Crippen LogP contribution < -0.4 is 4.90 Å². The summed E-state index contributed by atoms with van der Waals surface area (Å²) in [5.41, 5.74) is 5.78. The van der Waals surface area contributed by atoms with Gasteiger partial charge in [-0.05, 0) is 80.6 Å². The molecule has 3 aromatic rings. The van der Waals surface area contributed by atoms with Crippen molar-refractivity contribution in [2.24, 2.45) is 0 Å². The lowest BCUT2D eigenvalue weighted by molar-refractivity contribution is -0.137. The van der Waals surface area contributed by atoms with Crippen molar-refractivity contribution in [1.82, 2.24) is 14.9 Å². The van der Waals surface area contributed by atoms with Gasteiger partial charge in [0, 0.05) is 55.5 Å². The van der Waals surface area contributed by atoms with E-state index in [2.05, 4.69) is 28.9 Å². The van der Waals surface area contributed by atoms with Crippen molar-refractivity contribution in [1.29, 1.82) is 0 Å². The summed E-state index contributed by atoms with van der Waals surface area (Å²) in [6, 6.07) is 14.3. The highest BCUT2D eigenvalue weighted by Crippen LogP contribution is 2.32. The van der Waals surface area contributed by atoms with Crippen LogP contribution in [0.3, 0.4) is 0 Å². The minimum absolute atomic E-state index is 0.0992. The van der Waals surface area contributed by atoms with Gasteiger partial charge in [0.2, 0.25) is 0 Å². The van der Waals surface area contributed by atoms with E-state index in [1.165, 1.54) is 6.08 Å². The molecule has 2 heterocycles. The van der Waals surface area contributed by atoms with Gasteiger partial charge < -0.3 is 14.7 Å². The third kappa shape index (κ3) is 8.28. The van der Waals surface area contributed by atoms with Crippen molar-refractivity contribution in [3.05, 3.63) is 95.1 Å². The van der Waals surface area contributed by atoms with E-state index in [1.807, 2.05) is 49.4 Å². The van der Waals surface area contributed by atoms with Gasteiger partial charge in [0.25, 0.3) is 0 Å². The molecule has 1 saturated heterocycles. The largest absolute Gasteiger partial charge is 0.481 e. The number of hydrogen-bond donors (Lipinski definition) is 1. The first-order valence-electron chi connectivity index (χ1n) is 14.8. The third-order valence-electron chi connectivity index (χ3n) is 7.78. The highest BCUT2D eigenvalue weighted by atomic mass is 35.5. The number of hydrogen-bond acceptors (Lipinski definition) is 6. The summed E-state index contributed by atoms with van der Waals surface area (Å²) in [7, 11) is 1.74. The number of rotatable bonds is 13. The second kappa shape index (κ2) is 15.8. The lowest BCUT2D eigenvalue weighted by Gasteiger charge is -2.45. The van der Waals surface area contributed by atoms with Gasteiger partial charge in [-0.2, -0.15) is 0 Å². The summed E-state index contributed by atoms with van der Waals surface area (Å²) in [6.07, 6.45) is 9.79. The molecule has 0 amide bonds. The van der Waals surface area contributed by atoms with Crippen molar-refractivity contribution >= 4 is 39.9 Å². The minimum Gasteiger partial charge on any atom is -0.481 e. The molecule has 228 valence electrons. The topological polar surface area (TPSA) is 78.8 Å². The fourth-order valence-corrected chi connectivity index (χ4v) is 5.79. The Balaban J connectivity index is 1.65. The van der Waals surface area contributed by atoms with Gasteiger partial charge in [0.15, 0.2) is 0 Å². The SMILES string of the molecule is C\C=C/C(=C\C=C\F)c1nc2ccc(C(OC)N3CCN(c4ccc(Cl)cc4)CC3CC)cc2nc1CCCCC(=O)O. The van der Waals surface area contributed by atoms with Gasteiger partial charge >= 0.3 is 5.97 Å². The molecule has 7 nitrogen and oxygen atoms in total. The van der Waals surface area contributed by atoms with Crippen LogP contribution in [0.2, 0.25) is 5.02 Å². The average molecular weight is 607 g/mol. The molecular formula is C34H40ClFN4O3. The Morgan fingerprint density at radius 1 is 1.16 bits per heavy atom. The fraction of sp³-hybridized carbons (Fsp3) is 0.382. The predicted octanol–water partition coefficient (Wildman–Crippen LogP) is 7.77. The molecule has 9 heteroatoms. The number of aromatic nitrogens is 2. The lowest BCUT2D eigenvalue weighted by Crippen LogP contribution is -2.54. The predicted molar refractivity (Wildman–Crippen MR) is 172 cm³/mol. The molecule has 0 bridgehead atoms. The first kappa shape index (κ1) is 32.3. The summed E-state index contributed by atoms with van der Waals surface area (Å²) < 4.78 is 19.0. The zero-order valence-electron chi connectivity index (χ0n) is 25.0. The molecule has 4 rings (SSSR count). The summed E-state index contributed by atoms with van der Waals surface area (Å²) in [4.78, 5) is 25.9. The number of aryl methyl sites for hydroxylation is 1. The number of carboxylic acid groups (broad SMARTS) is 1. The van der Waals surface area contributed by atoms with Crippen LogP contribution in [0.1, 0.15) is 62.7 Å². The van der Waals surface area contributed by atoms with Crippen molar-refractivity contribution in [3.63, 3.8) is 0 Å². The van der Waals surface area contributed by atoms with E-state index in [1.54, 1.807) is 13.2 Å². The van der Waals surface area contributed by atoms with Crippen LogP contribution in [-0.4, -0.2) is 58.7 Å². The van der Waals surface area contributed by atoms with E-state index in [-0.39, 0.29) is 18.7 Å². The number of carbonyl (C=O) groups is 1. The Morgan fingerprint density at radius 3 is 2.63 bits per heavy atom. The number of benzene rings is 2. The number of allylic oxidation sites excluding steroid dienone is 5. The molecule has 1 aromatic heterocycles. The molecule has 0 spiro atoms. The molecule has 43 heavy (non-hydrogen) atoms. The summed E-state index contributed by atoms with van der Waals surface area (Å²) in [5.74, 6) is -0.818.